The van der Waals surface area contributed by atoms with Gasteiger partial charge in [-0.05, 0) is 36.1 Å². The van der Waals surface area contributed by atoms with Crippen LogP contribution in [0.25, 0.3) is 6.08 Å². The molecule has 0 atom stereocenters. The minimum atomic E-state index is -0.190. The van der Waals surface area contributed by atoms with Gasteiger partial charge in [0.1, 0.15) is 12.4 Å². The predicted molar refractivity (Wildman–Crippen MR) is 74.8 cm³/mol. The molecule has 3 nitrogen and oxygen atoms in total. The number of piperidine rings is 1. The summed E-state index contributed by atoms with van der Waals surface area (Å²) < 4.78 is 18.4. The van der Waals surface area contributed by atoms with Crippen LogP contribution in [0.5, 0.6) is 0 Å². The predicted octanol–water partition coefficient (Wildman–Crippen LogP) is 2.36. The van der Waals surface area contributed by atoms with Crippen LogP contribution in [0, 0.1) is 5.82 Å². The lowest BCUT2D eigenvalue weighted by atomic mass is 9.74. The second-order valence-electron chi connectivity index (χ2n) is 5.53. The Morgan fingerprint density at radius 1 is 1.40 bits per heavy atom. The summed E-state index contributed by atoms with van der Waals surface area (Å²) in [6, 6.07) is 4.97. The lowest BCUT2D eigenvalue weighted by molar-refractivity contribution is -0.136. The fourth-order valence-electron chi connectivity index (χ4n) is 3.25. The van der Waals surface area contributed by atoms with E-state index < -0.39 is 0 Å². The first-order chi connectivity index (χ1) is 9.64. The molecule has 1 aromatic carbocycles. The van der Waals surface area contributed by atoms with E-state index in [1.165, 1.54) is 13.2 Å². The van der Waals surface area contributed by atoms with Crippen molar-refractivity contribution < 1.29 is 13.9 Å². The molecule has 0 unspecified atom stereocenters. The summed E-state index contributed by atoms with van der Waals surface area (Å²) in [5, 5.41) is 0. The molecule has 1 heterocycles. The first-order valence-corrected chi connectivity index (χ1v) is 6.91. The molecule has 1 spiro atoms. The Labute approximate surface area is 118 Å². The molecule has 20 heavy (non-hydrogen) atoms. The van der Waals surface area contributed by atoms with E-state index in [0.29, 0.717) is 13.1 Å². The highest BCUT2D eigenvalue weighted by molar-refractivity contribution is 5.77. The van der Waals surface area contributed by atoms with Crippen molar-refractivity contribution in [3.63, 3.8) is 0 Å². The third-order valence-electron chi connectivity index (χ3n) is 4.41. The van der Waals surface area contributed by atoms with E-state index >= 15 is 0 Å². The minimum absolute atomic E-state index is 0.0313. The van der Waals surface area contributed by atoms with E-state index in [0.717, 1.165) is 24.0 Å². The van der Waals surface area contributed by atoms with Gasteiger partial charge >= 0.3 is 0 Å². The second kappa shape index (κ2) is 5.02. The number of nitrogens with zero attached hydrogens (tertiary/aromatic N) is 1. The number of carbonyl (C=O) groups is 1. The van der Waals surface area contributed by atoms with Crippen LogP contribution < -0.4 is 0 Å². The number of halogens is 1. The summed E-state index contributed by atoms with van der Waals surface area (Å²) in [6.45, 7) is 1.53. The Balaban J connectivity index is 1.78. The van der Waals surface area contributed by atoms with Gasteiger partial charge < -0.3 is 9.64 Å². The van der Waals surface area contributed by atoms with E-state index in [9.17, 15) is 9.18 Å². The SMILES string of the molecule is COCC(=O)N1CCC2(C=Cc3ccc(F)cc32)CC1. The summed E-state index contributed by atoms with van der Waals surface area (Å²) in [6.07, 6.45) is 5.93. The van der Waals surface area contributed by atoms with Gasteiger partial charge in [-0.25, -0.2) is 4.39 Å². The van der Waals surface area contributed by atoms with Gasteiger partial charge in [0.2, 0.25) is 5.91 Å². The molecule has 1 aliphatic carbocycles. The average molecular weight is 275 g/mol. The zero-order chi connectivity index (χ0) is 14.2. The number of likely N-dealkylation sites (tertiary alicyclic amines) is 1. The number of hydrogen-bond donors (Lipinski definition) is 0. The third-order valence-corrected chi connectivity index (χ3v) is 4.41. The number of allylic oxidation sites excluding steroid dienone is 1. The summed E-state index contributed by atoms with van der Waals surface area (Å²) in [7, 11) is 1.53. The maximum absolute atomic E-state index is 13.5. The number of ether oxygens (including phenoxy) is 1. The van der Waals surface area contributed by atoms with Gasteiger partial charge in [0, 0.05) is 25.6 Å². The Bertz CT molecular complexity index is 560. The van der Waals surface area contributed by atoms with Gasteiger partial charge in [-0.15, -0.1) is 0 Å². The Morgan fingerprint density at radius 2 is 2.15 bits per heavy atom. The van der Waals surface area contributed by atoms with Crippen LogP contribution in [0.2, 0.25) is 0 Å². The normalized spacial score (nSPS) is 19.4. The second-order valence-corrected chi connectivity index (χ2v) is 5.53. The first-order valence-electron chi connectivity index (χ1n) is 6.91. The summed E-state index contributed by atoms with van der Waals surface area (Å²) >= 11 is 0. The van der Waals surface area contributed by atoms with Gasteiger partial charge in [-0.2, -0.15) is 0 Å². The molecule has 0 radical (unpaired) electrons. The molecular weight excluding hydrogens is 257 g/mol. The van der Waals surface area contributed by atoms with Gasteiger partial charge in [-0.3, -0.25) is 4.79 Å². The fraction of sp³-hybridized carbons (Fsp3) is 0.438. The van der Waals surface area contributed by atoms with Gasteiger partial charge in [0.05, 0.1) is 0 Å². The molecule has 3 rings (SSSR count). The lowest BCUT2D eigenvalue weighted by Gasteiger charge is -2.39. The van der Waals surface area contributed by atoms with E-state index in [1.54, 1.807) is 6.07 Å². The third kappa shape index (κ3) is 2.14. The molecule has 106 valence electrons. The summed E-state index contributed by atoms with van der Waals surface area (Å²) in [5.41, 5.74) is 2.07. The largest absolute Gasteiger partial charge is 0.375 e. The average Bonchev–Trinajstić information content (AvgIpc) is 2.78. The van der Waals surface area contributed by atoms with Gasteiger partial charge in [0.25, 0.3) is 0 Å². The van der Waals surface area contributed by atoms with Crippen molar-refractivity contribution in [2.45, 2.75) is 18.3 Å². The molecule has 1 fully saturated rings. The molecule has 0 aromatic heterocycles. The monoisotopic (exact) mass is 275 g/mol. The molecule has 2 aliphatic rings. The molecule has 1 saturated heterocycles. The fourth-order valence-corrected chi connectivity index (χ4v) is 3.25. The van der Waals surface area contributed by atoms with Crippen LogP contribution >= 0.6 is 0 Å². The number of methoxy groups -OCH3 is 1. The van der Waals surface area contributed by atoms with Crippen molar-refractivity contribution in [2.24, 2.45) is 0 Å². The minimum Gasteiger partial charge on any atom is -0.375 e. The van der Waals surface area contributed by atoms with Gasteiger partial charge in [-0.1, -0.05) is 18.2 Å². The summed E-state index contributed by atoms with van der Waals surface area (Å²) in [4.78, 5) is 13.7. The topological polar surface area (TPSA) is 29.5 Å². The molecule has 0 N–H and O–H groups in total. The Kier molecular flexibility index (Phi) is 3.34. The number of rotatable bonds is 2. The molecule has 1 amide bonds. The highest BCUT2D eigenvalue weighted by Gasteiger charge is 2.39. The highest BCUT2D eigenvalue weighted by Crippen LogP contribution is 2.43. The van der Waals surface area contributed by atoms with Crippen molar-refractivity contribution in [3.8, 4) is 0 Å². The van der Waals surface area contributed by atoms with Crippen molar-refractivity contribution in [1.29, 1.82) is 0 Å². The highest BCUT2D eigenvalue weighted by atomic mass is 19.1. The zero-order valence-electron chi connectivity index (χ0n) is 11.6. The van der Waals surface area contributed by atoms with Crippen LogP contribution in [0.4, 0.5) is 4.39 Å². The van der Waals surface area contributed by atoms with Crippen molar-refractivity contribution in [3.05, 3.63) is 41.2 Å². The van der Waals surface area contributed by atoms with Crippen molar-refractivity contribution in [2.75, 3.05) is 26.8 Å². The smallest absolute Gasteiger partial charge is 0.248 e. The molecule has 1 aromatic rings. The molecule has 1 aliphatic heterocycles. The summed E-state index contributed by atoms with van der Waals surface area (Å²) in [5.74, 6) is -0.159. The van der Waals surface area contributed by atoms with Crippen LogP contribution in [0.15, 0.2) is 24.3 Å². The number of benzene rings is 1. The van der Waals surface area contributed by atoms with Crippen LogP contribution in [0.1, 0.15) is 24.0 Å². The van der Waals surface area contributed by atoms with Gasteiger partial charge in [0.15, 0.2) is 0 Å². The van der Waals surface area contributed by atoms with E-state index in [2.05, 4.69) is 12.2 Å². The molecule has 0 bridgehead atoms. The zero-order valence-corrected chi connectivity index (χ0v) is 11.6. The quantitative estimate of drug-likeness (QED) is 0.829. The standard InChI is InChI=1S/C16H18FNO2/c1-20-11-15(19)18-8-6-16(7-9-18)5-4-12-2-3-13(17)10-14(12)16/h2-5,10H,6-9,11H2,1H3. The van der Waals surface area contributed by atoms with E-state index in [-0.39, 0.29) is 23.7 Å². The number of fused-ring (bicyclic) bond motifs is 2. The molecule has 0 saturated carbocycles. The van der Waals surface area contributed by atoms with Crippen molar-refractivity contribution in [1.82, 2.24) is 4.90 Å². The Hall–Kier alpha value is -1.68. The van der Waals surface area contributed by atoms with Crippen LogP contribution in [-0.2, 0) is 14.9 Å². The number of amides is 1. The van der Waals surface area contributed by atoms with E-state index in [4.69, 9.17) is 4.74 Å². The van der Waals surface area contributed by atoms with Crippen LogP contribution in [-0.4, -0.2) is 37.6 Å². The lowest BCUT2D eigenvalue weighted by Crippen LogP contribution is -2.45. The van der Waals surface area contributed by atoms with Crippen LogP contribution in [0.3, 0.4) is 0 Å². The first kappa shape index (κ1) is 13.3. The number of carbonyl (C=O) groups excluding carboxylic acids is 1. The molecular formula is C16H18FNO2. The molecule has 4 heteroatoms. The number of hydrogen-bond acceptors (Lipinski definition) is 2. The van der Waals surface area contributed by atoms with E-state index in [1.807, 2.05) is 11.0 Å². The Morgan fingerprint density at radius 3 is 2.85 bits per heavy atom. The maximum atomic E-state index is 13.5. The van der Waals surface area contributed by atoms with Crippen molar-refractivity contribution >= 4 is 12.0 Å². The maximum Gasteiger partial charge on any atom is 0.248 e.